The fourth-order valence-corrected chi connectivity index (χ4v) is 1.06. The highest BCUT2D eigenvalue weighted by Gasteiger charge is 2.34. The van der Waals surface area contributed by atoms with Crippen LogP contribution in [0.5, 0.6) is 0 Å². The van der Waals surface area contributed by atoms with Crippen LogP contribution in [-0.4, -0.2) is 0 Å². The fraction of sp³-hybridized carbons (Fsp3) is 0.167. The SMILES string of the molecule is [O-][NH+]1O[NH+]([O-])C2=CCC=C=C21. The van der Waals surface area contributed by atoms with Crippen molar-refractivity contribution >= 4 is 0 Å². The Bertz CT molecular complexity index is 278. The Kier molecular flexibility index (Phi) is 1.40. The van der Waals surface area contributed by atoms with Gasteiger partial charge in [0.25, 0.3) is 5.70 Å². The quantitative estimate of drug-likeness (QED) is 0.311. The van der Waals surface area contributed by atoms with Gasteiger partial charge in [-0.25, -0.2) is 0 Å². The second kappa shape index (κ2) is 2.28. The molecule has 1 heterocycles. The third-order valence-electron chi connectivity index (χ3n) is 1.56. The maximum Gasteiger partial charge on any atom is 0.276 e. The summed E-state index contributed by atoms with van der Waals surface area (Å²) in [6.45, 7) is 0. The Labute approximate surface area is 62.5 Å². The predicted octanol–water partition coefficient (Wildman–Crippen LogP) is -2.06. The summed E-state index contributed by atoms with van der Waals surface area (Å²) in [5.74, 6) is 0. The van der Waals surface area contributed by atoms with E-state index in [-0.39, 0.29) is 5.70 Å². The van der Waals surface area contributed by atoms with Crippen molar-refractivity contribution in [1.29, 1.82) is 0 Å². The van der Waals surface area contributed by atoms with E-state index in [4.69, 9.17) is 0 Å². The van der Waals surface area contributed by atoms with Crippen molar-refractivity contribution in [3.05, 3.63) is 39.7 Å². The summed E-state index contributed by atoms with van der Waals surface area (Å²) < 4.78 is 0. The van der Waals surface area contributed by atoms with Gasteiger partial charge in [-0.05, 0) is 24.3 Å². The average molecular weight is 154 g/mol. The monoisotopic (exact) mass is 154 g/mol. The molecule has 2 rings (SSSR count). The first kappa shape index (κ1) is 6.75. The van der Waals surface area contributed by atoms with E-state index < -0.39 is 10.5 Å². The average Bonchev–Trinajstić information content (AvgIpc) is 2.30. The number of hydrogen-bond acceptors (Lipinski definition) is 3. The molecular weight excluding hydrogens is 148 g/mol. The molecule has 2 atom stereocenters. The number of hydroxylamine groups is 4. The molecule has 2 unspecified atom stereocenters. The highest BCUT2D eigenvalue weighted by atomic mass is 17.1. The van der Waals surface area contributed by atoms with Crippen molar-refractivity contribution in [2.75, 3.05) is 0 Å². The Morgan fingerprint density at radius 2 is 2.27 bits per heavy atom. The lowest BCUT2D eigenvalue weighted by Gasteiger charge is -2.08. The van der Waals surface area contributed by atoms with Crippen molar-refractivity contribution in [2.45, 2.75) is 6.42 Å². The van der Waals surface area contributed by atoms with E-state index in [1.165, 1.54) is 0 Å². The fourth-order valence-electron chi connectivity index (χ4n) is 1.06. The Morgan fingerprint density at radius 3 is 3.00 bits per heavy atom. The number of nitrogens with one attached hydrogen (secondary N) is 2. The molecule has 0 radical (unpaired) electrons. The first-order chi connectivity index (χ1) is 5.29. The minimum absolute atomic E-state index is 0.265. The van der Waals surface area contributed by atoms with Crippen molar-refractivity contribution in [1.82, 2.24) is 0 Å². The van der Waals surface area contributed by atoms with E-state index in [1.807, 2.05) is 0 Å². The summed E-state index contributed by atoms with van der Waals surface area (Å²) in [5.41, 5.74) is 3.31. The van der Waals surface area contributed by atoms with Gasteiger partial charge in [0.1, 0.15) is 0 Å². The van der Waals surface area contributed by atoms with Gasteiger partial charge in [0.05, 0.1) is 0 Å². The van der Waals surface area contributed by atoms with E-state index in [9.17, 15) is 10.4 Å². The standard InChI is InChI=1S/C6H6N2O3/c9-7-5-3-1-2-4-6(5)8(10)11-7/h1,4,7-8H,2H2. The topological polar surface area (TPSA) is 64.2 Å². The van der Waals surface area contributed by atoms with Crippen molar-refractivity contribution in [3.63, 3.8) is 0 Å². The molecule has 1 aliphatic carbocycles. The summed E-state index contributed by atoms with van der Waals surface area (Å²) in [6, 6.07) is 0. The van der Waals surface area contributed by atoms with Crippen molar-refractivity contribution in [2.24, 2.45) is 0 Å². The molecule has 0 saturated carbocycles. The third kappa shape index (κ3) is 0.928. The number of hydrogen-bond donors (Lipinski definition) is 2. The van der Waals surface area contributed by atoms with Gasteiger partial charge in [-0.2, -0.15) is 0 Å². The maximum absolute atomic E-state index is 10.8. The molecule has 1 saturated heterocycles. The van der Waals surface area contributed by atoms with Crippen molar-refractivity contribution < 1.29 is 15.4 Å². The highest BCUT2D eigenvalue weighted by molar-refractivity contribution is 5.22. The zero-order valence-corrected chi connectivity index (χ0v) is 5.59. The van der Waals surface area contributed by atoms with Crippen LogP contribution in [0.25, 0.3) is 0 Å². The summed E-state index contributed by atoms with van der Waals surface area (Å²) in [4.78, 5) is 4.34. The number of rotatable bonds is 0. The molecule has 2 aliphatic rings. The van der Waals surface area contributed by atoms with E-state index in [2.05, 4.69) is 10.7 Å². The van der Waals surface area contributed by atoms with Gasteiger partial charge < -0.3 is 10.4 Å². The minimum Gasteiger partial charge on any atom is -0.590 e. The van der Waals surface area contributed by atoms with Crippen LogP contribution in [0.15, 0.2) is 29.3 Å². The molecule has 1 fully saturated rings. The van der Waals surface area contributed by atoms with Gasteiger partial charge in [0.15, 0.2) is 0 Å². The van der Waals surface area contributed by atoms with Gasteiger partial charge in [-0.15, -0.1) is 10.5 Å². The van der Waals surface area contributed by atoms with Crippen LogP contribution in [-0.2, 0) is 4.94 Å². The molecule has 1 aliphatic heterocycles. The summed E-state index contributed by atoms with van der Waals surface area (Å²) in [5, 5.41) is 20.5. The highest BCUT2D eigenvalue weighted by Crippen LogP contribution is 2.04. The number of quaternary nitrogens is 2. The Hall–Kier alpha value is -0.940. The van der Waals surface area contributed by atoms with E-state index in [0.717, 1.165) is 0 Å². The summed E-state index contributed by atoms with van der Waals surface area (Å²) >= 11 is 0. The smallest absolute Gasteiger partial charge is 0.276 e. The summed E-state index contributed by atoms with van der Waals surface area (Å²) in [7, 11) is 0. The molecule has 2 N–H and O–H groups in total. The van der Waals surface area contributed by atoms with Crippen LogP contribution < -0.4 is 10.5 Å². The Morgan fingerprint density at radius 1 is 1.45 bits per heavy atom. The lowest BCUT2D eigenvalue weighted by atomic mass is 10.2. The maximum atomic E-state index is 10.8. The lowest BCUT2D eigenvalue weighted by molar-refractivity contribution is -1.25. The van der Waals surface area contributed by atoms with Crippen LogP contribution in [0.2, 0.25) is 0 Å². The van der Waals surface area contributed by atoms with E-state index in [0.29, 0.717) is 12.1 Å². The van der Waals surface area contributed by atoms with Crippen LogP contribution in [0.1, 0.15) is 6.42 Å². The third-order valence-corrected chi connectivity index (χ3v) is 1.56. The normalized spacial score (nSPS) is 34.7. The first-order valence-electron chi connectivity index (χ1n) is 3.21. The van der Waals surface area contributed by atoms with Gasteiger partial charge in [0.2, 0.25) is 5.70 Å². The molecule has 0 spiro atoms. The van der Waals surface area contributed by atoms with E-state index >= 15 is 0 Å². The molecule has 5 heteroatoms. The largest absolute Gasteiger partial charge is 0.590 e. The van der Waals surface area contributed by atoms with Gasteiger partial charge in [-0.3, -0.25) is 0 Å². The van der Waals surface area contributed by atoms with Crippen molar-refractivity contribution in [3.8, 4) is 0 Å². The second-order valence-electron chi connectivity index (χ2n) is 2.25. The number of allylic oxidation sites excluding steroid dienone is 1. The van der Waals surface area contributed by atoms with E-state index in [1.54, 1.807) is 12.2 Å². The predicted molar refractivity (Wildman–Crippen MR) is 34.0 cm³/mol. The molecule has 0 aromatic heterocycles. The molecule has 0 amide bonds. The molecule has 0 aromatic rings. The molecule has 5 nitrogen and oxygen atoms in total. The Balaban J connectivity index is 2.46. The molecule has 0 aromatic carbocycles. The molecule has 0 bridgehead atoms. The lowest BCUT2D eigenvalue weighted by Crippen LogP contribution is -3.15. The van der Waals surface area contributed by atoms with Crippen LogP contribution in [0.3, 0.4) is 0 Å². The van der Waals surface area contributed by atoms with Gasteiger partial charge >= 0.3 is 0 Å². The zero-order chi connectivity index (χ0) is 7.84. The van der Waals surface area contributed by atoms with Crippen LogP contribution in [0.4, 0.5) is 0 Å². The van der Waals surface area contributed by atoms with Crippen LogP contribution in [0, 0.1) is 10.4 Å². The molecular formula is C6H6N2O3. The van der Waals surface area contributed by atoms with Crippen LogP contribution >= 0.6 is 0 Å². The molecule has 58 valence electrons. The van der Waals surface area contributed by atoms with Gasteiger partial charge in [0, 0.05) is 4.94 Å². The van der Waals surface area contributed by atoms with Gasteiger partial charge in [-0.1, -0.05) is 0 Å². The number of fused-ring (bicyclic) bond motifs is 1. The second-order valence-corrected chi connectivity index (χ2v) is 2.25. The first-order valence-corrected chi connectivity index (χ1v) is 3.21. The minimum atomic E-state index is -0.586. The summed E-state index contributed by atoms with van der Waals surface area (Å²) in [6.07, 6.45) is 4.00. The zero-order valence-electron chi connectivity index (χ0n) is 5.59. The molecule has 11 heavy (non-hydrogen) atoms.